The Labute approximate surface area is 238 Å². The van der Waals surface area contributed by atoms with Crippen LogP contribution in [0.15, 0.2) is 42.5 Å². The third kappa shape index (κ3) is 7.17. The summed E-state index contributed by atoms with van der Waals surface area (Å²) in [5, 5.41) is 2.45. The summed E-state index contributed by atoms with van der Waals surface area (Å²) in [4.78, 5) is 0. The van der Waals surface area contributed by atoms with Crippen molar-refractivity contribution in [2.45, 2.75) is 129 Å². The topological polar surface area (TPSA) is 18.5 Å². The molecule has 0 saturated heterocycles. The molecule has 0 heterocycles. The summed E-state index contributed by atoms with van der Waals surface area (Å²) in [7, 11) is -0.385. The van der Waals surface area contributed by atoms with Gasteiger partial charge in [0.05, 0.1) is 17.8 Å². The van der Waals surface area contributed by atoms with Crippen molar-refractivity contribution in [2.75, 3.05) is 0 Å². The third-order valence-corrected chi connectivity index (χ3v) is 11.9. The SMILES string of the molecule is CC=CCc1c(Cl)ccc(-c2c(OC(C)C)cccc2OC(C)C)c1P(C1CCCCC1)C1CCCCC1. The Balaban J connectivity index is 2.01. The van der Waals surface area contributed by atoms with Crippen molar-refractivity contribution in [3.05, 3.63) is 53.1 Å². The lowest BCUT2D eigenvalue weighted by atomic mass is 9.98. The molecule has 4 rings (SSSR count). The second kappa shape index (κ2) is 14.2. The minimum absolute atomic E-state index is 0.0829. The monoisotopic (exact) mass is 554 g/mol. The van der Waals surface area contributed by atoms with Crippen LogP contribution in [0.1, 0.15) is 104 Å². The predicted molar refractivity (Wildman–Crippen MR) is 167 cm³/mol. The number of hydrogen-bond acceptors (Lipinski definition) is 2. The number of benzene rings is 2. The van der Waals surface area contributed by atoms with Gasteiger partial charge in [0.15, 0.2) is 0 Å². The van der Waals surface area contributed by atoms with Gasteiger partial charge in [-0.2, -0.15) is 0 Å². The van der Waals surface area contributed by atoms with Crippen LogP contribution in [0.3, 0.4) is 0 Å². The molecular weight excluding hydrogens is 507 g/mol. The van der Waals surface area contributed by atoms with Crippen LogP contribution in [-0.4, -0.2) is 23.5 Å². The van der Waals surface area contributed by atoms with Crippen molar-refractivity contribution in [1.29, 1.82) is 0 Å². The van der Waals surface area contributed by atoms with Gasteiger partial charge in [-0.3, -0.25) is 0 Å². The minimum atomic E-state index is -0.385. The molecule has 0 N–H and O–H groups in total. The van der Waals surface area contributed by atoms with E-state index >= 15 is 0 Å². The van der Waals surface area contributed by atoms with Gasteiger partial charge < -0.3 is 9.47 Å². The first-order valence-corrected chi connectivity index (χ1v) is 16.9. The van der Waals surface area contributed by atoms with E-state index in [2.05, 4.69) is 77.1 Å². The smallest absolute Gasteiger partial charge is 0.131 e. The molecule has 0 spiro atoms. The zero-order chi connectivity index (χ0) is 27.1. The Morgan fingerprint density at radius 1 is 0.816 bits per heavy atom. The van der Waals surface area contributed by atoms with E-state index in [-0.39, 0.29) is 20.1 Å². The van der Waals surface area contributed by atoms with E-state index < -0.39 is 0 Å². The number of hydrogen-bond donors (Lipinski definition) is 0. The molecule has 38 heavy (non-hydrogen) atoms. The van der Waals surface area contributed by atoms with Crippen molar-refractivity contribution in [2.24, 2.45) is 0 Å². The Hall–Kier alpha value is -1.50. The summed E-state index contributed by atoms with van der Waals surface area (Å²) in [5.41, 5.74) is 5.29. The highest BCUT2D eigenvalue weighted by atomic mass is 35.5. The van der Waals surface area contributed by atoms with Crippen molar-refractivity contribution in [3.63, 3.8) is 0 Å². The lowest BCUT2D eigenvalue weighted by Gasteiger charge is -2.41. The Morgan fingerprint density at radius 2 is 1.34 bits per heavy atom. The van der Waals surface area contributed by atoms with Gasteiger partial charge in [0.2, 0.25) is 0 Å². The number of rotatable bonds is 10. The molecule has 2 nitrogen and oxygen atoms in total. The summed E-state index contributed by atoms with van der Waals surface area (Å²) >= 11 is 7.11. The molecule has 208 valence electrons. The molecule has 0 unspecified atom stereocenters. The van der Waals surface area contributed by atoms with Gasteiger partial charge in [-0.05, 0) is 113 Å². The van der Waals surface area contributed by atoms with Gasteiger partial charge >= 0.3 is 0 Å². The van der Waals surface area contributed by atoms with Crippen LogP contribution >= 0.6 is 19.5 Å². The molecule has 0 bridgehead atoms. The van der Waals surface area contributed by atoms with Gasteiger partial charge in [-0.25, -0.2) is 0 Å². The van der Waals surface area contributed by atoms with Crippen LogP contribution in [-0.2, 0) is 6.42 Å². The van der Waals surface area contributed by atoms with Crippen molar-refractivity contribution < 1.29 is 9.47 Å². The first-order valence-electron chi connectivity index (χ1n) is 15.1. The van der Waals surface area contributed by atoms with Gasteiger partial charge in [0.1, 0.15) is 11.5 Å². The minimum Gasteiger partial charge on any atom is -0.490 e. The van der Waals surface area contributed by atoms with E-state index in [4.69, 9.17) is 21.1 Å². The Morgan fingerprint density at radius 3 is 1.82 bits per heavy atom. The molecule has 0 radical (unpaired) electrons. The maximum atomic E-state index is 7.11. The standard InChI is InChI=1S/C34H48ClO2P/c1-6-7-19-28-30(35)23-22-29(33-31(36-24(2)3)20-14-21-32(33)37-25(4)5)34(28)38(26-15-10-8-11-16-26)27-17-12-9-13-18-27/h6-7,14,20-27H,8-13,15-19H2,1-5H3. The highest BCUT2D eigenvalue weighted by Gasteiger charge is 2.36. The zero-order valence-corrected chi connectivity index (χ0v) is 25.9. The summed E-state index contributed by atoms with van der Waals surface area (Å²) < 4.78 is 13.0. The lowest BCUT2D eigenvalue weighted by Crippen LogP contribution is -2.29. The summed E-state index contributed by atoms with van der Waals surface area (Å²) in [6.45, 7) is 10.5. The maximum absolute atomic E-state index is 7.11. The average molecular weight is 555 g/mol. The second-order valence-electron chi connectivity index (χ2n) is 11.6. The van der Waals surface area contributed by atoms with E-state index in [9.17, 15) is 0 Å². The maximum Gasteiger partial charge on any atom is 0.131 e. The third-order valence-electron chi connectivity index (χ3n) is 7.96. The fourth-order valence-corrected chi connectivity index (χ4v) is 10.9. The van der Waals surface area contributed by atoms with Gasteiger partial charge in [-0.1, -0.05) is 82.3 Å². The van der Waals surface area contributed by atoms with E-state index in [0.717, 1.165) is 39.8 Å². The fraction of sp³-hybridized carbons (Fsp3) is 0.588. The molecule has 2 aromatic rings. The quantitative estimate of drug-likeness (QED) is 0.215. The molecular formula is C34H48ClO2P. The largest absolute Gasteiger partial charge is 0.490 e. The van der Waals surface area contributed by atoms with E-state index in [0.29, 0.717) is 0 Å². The highest BCUT2D eigenvalue weighted by molar-refractivity contribution is 7.67. The Kier molecular flexibility index (Phi) is 11.0. The van der Waals surface area contributed by atoms with Crippen LogP contribution in [0.2, 0.25) is 5.02 Å². The predicted octanol–water partition coefficient (Wildman–Crippen LogP) is 10.5. The number of allylic oxidation sites excluding steroid dienone is 2. The molecule has 0 atom stereocenters. The zero-order valence-electron chi connectivity index (χ0n) is 24.3. The summed E-state index contributed by atoms with van der Waals surface area (Å²) in [5.74, 6) is 1.84. The van der Waals surface area contributed by atoms with Crippen molar-refractivity contribution in [1.82, 2.24) is 0 Å². The summed E-state index contributed by atoms with van der Waals surface area (Å²) in [6.07, 6.45) is 19.2. The van der Waals surface area contributed by atoms with Gasteiger partial charge in [0.25, 0.3) is 0 Å². The van der Waals surface area contributed by atoms with Gasteiger partial charge in [-0.15, -0.1) is 0 Å². The normalized spacial score (nSPS) is 17.7. The van der Waals surface area contributed by atoms with Crippen LogP contribution in [0, 0.1) is 0 Å². The van der Waals surface area contributed by atoms with E-state index in [1.807, 2.05) is 0 Å². The molecule has 2 fully saturated rings. The molecule has 0 aromatic heterocycles. The average Bonchev–Trinajstić information content (AvgIpc) is 2.90. The molecule has 0 amide bonds. The summed E-state index contributed by atoms with van der Waals surface area (Å²) in [6, 6.07) is 10.7. The second-order valence-corrected chi connectivity index (χ2v) is 14.8. The van der Waals surface area contributed by atoms with E-state index in [1.165, 1.54) is 80.6 Å². The lowest BCUT2D eigenvalue weighted by molar-refractivity contribution is 0.231. The number of halogens is 1. The fourth-order valence-electron chi connectivity index (χ4n) is 6.40. The van der Waals surface area contributed by atoms with Crippen LogP contribution in [0.4, 0.5) is 0 Å². The molecule has 0 aliphatic heterocycles. The van der Waals surface area contributed by atoms with Crippen molar-refractivity contribution in [3.8, 4) is 22.6 Å². The van der Waals surface area contributed by atoms with Gasteiger partial charge in [0, 0.05) is 5.02 Å². The molecule has 2 aliphatic rings. The van der Waals surface area contributed by atoms with E-state index in [1.54, 1.807) is 0 Å². The molecule has 2 aromatic carbocycles. The first-order chi connectivity index (χ1) is 18.4. The molecule has 4 heteroatoms. The van der Waals surface area contributed by atoms with Crippen LogP contribution in [0.25, 0.3) is 11.1 Å². The molecule has 2 aliphatic carbocycles. The number of ether oxygens (including phenoxy) is 2. The van der Waals surface area contributed by atoms with Crippen molar-refractivity contribution >= 4 is 24.8 Å². The molecule has 2 saturated carbocycles. The van der Waals surface area contributed by atoms with Crippen LogP contribution < -0.4 is 14.8 Å². The Bertz CT molecular complexity index is 1020. The van der Waals surface area contributed by atoms with Crippen LogP contribution in [0.5, 0.6) is 11.5 Å². The first kappa shape index (κ1) is 29.5. The highest BCUT2D eigenvalue weighted by Crippen LogP contribution is 2.58.